The number of ether oxygens (including phenoxy) is 1. The molecule has 1 N–H and O–H groups in total. The molecule has 1 saturated heterocycles. The summed E-state index contributed by atoms with van der Waals surface area (Å²) in [6.07, 6.45) is 5.78. The first kappa shape index (κ1) is 19.4. The molecule has 1 aliphatic heterocycles. The highest BCUT2D eigenvalue weighted by Crippen LogP contribution is 2.18. The first-order valence-corrected chi connectivity index (χ1v) is 9.95. The monoisotopic (exact) mass is 391 g/mol. The second-order valence-corrected chi connectivity index (χ2v) is 7.19. The Morgan fingerprint density at radius 3 is 2.86 bits per heavy atom. The maximum Gasteiger partial charge on any atom is 0.267 e. The maximum atomic E-state index is 11.9. The van der Waals surface area contributed by atoms with Crippen LogP contribution in [-0.4, -0.2) is 28.4 Å². The van der Waals surface area contributed by atoms with E-state index in [4.69, 9.17) is 9.57 Å². The van der Waals surface area contributed by atoms with Crippen molar-refractivity contribution < 1.29 is 14.4 Å². The van der Waals surface area contributed by atoms with Gasteiger partial charge in [-0.15, -0.1) is 0 Å². The zero-order valence-corrected chi connectivity index (χ0v) is 16.5. The minimum atomic E-state index is -0.344. The largest absolute Gasteiger partial charge is 0.350 e. The summed E-state index contributed by atoms with van der Waals surface area (Å²) in [6.45, 7) is 3.46. The minimum Gasteiger partial charge on any atom is -0.350 e. The van der Waals surface area contributed by atoms with E-state index in [2.05, 4.69) is 33.2 Å². The third-order valence-electron chi connectivity index (χ3n) is 5.02. The van der Waals surface area contributed by atoms with Crippen LogP contribution in [0.3, 0.4) is 0 Å². The maximum absolute atomic E-state index is 11.9. The van der Waals surface area contributed by atoms with Crippen LogP contribution < -0.4 is 5.48 Å². The number of nitrogens with one attached hydrogen (secondary N) is 1. The number of carbonyl (C=O) groups excluding carboxylic acids is 1. The average molecular weight is 391 g/mol. The number of hydrogen-bond acceptors (Lipinski definition) is 4. The molecule has 2 aromatic carbocycles. The zero-order valence-electron chi connectivity index (χ0n) is 16.5. The number of hydroxylamine groups is 1. The number of nitrogens with zero attached hydrogens (tertiary/aromatic N) is 2. The van der Waals surface area contributed by atoms with E-state index < -0.39 is 0 Å². The molecule has 1 aromatic heterocycles. The molecular formula is C23H25N3O3. The second-order valence-electron chi connectivity index (χ2n) is 7.19. The minimum absolute atomic E-state index is 0.302. The molecule has 1 amide bonds. The van der Waals surface area contributed by atoms with Crippen molar-refractivity contribution in [1.82, 2.24) is 15.0 Å². The zero-order chi connectivity index (χ0) is 20.1. The smallest absolute Gasteiger partial charge is 0.267 e. The van der Waals surface area contributed by atoms with E-state index in [9.17, 15) is 4.79 Å². The van der Waals surface area contributed by atoms with Crippen LogP contribution in [-0.2, 0) is 20.9 Å². The molecule has 4 rings (SSSR count). The van der Waals surface area contributed by atoms with Gasteiger partial charge in [-0.3, -0.25) is 4.79 Å². The third kappa shape index (κ3) is 4.91. The van der Waals surface area contributed by atoms with E-state index in [0.717, 1.165) is 48.2 Å². The van der Waals surface area contributed by atoms with Crippen LogP contribution in [0.2, 0.25) is 0 Å². The lowest BCUT2D eigenvalue weighted by atomic mass is 10.1. The van der Waals surface area contributed by atoms with Gasteiger partial charge in [0.05, 0.1) is 11.0 Å². The standard InChI is InChI=1S/C23H25N3O3/c1-17-24-20-6-2-3-7-21(20)26(17)16-19-11-9-18(10-12-19)13-14-22(27)25-29-23-8-4-5-15-28-23/h2-3,6-7,9-14,23H,4-5,8,15-16H2,1H3,(H,25,27). The van der Waals surface area contributed by atoms with Gasteiger partial charge in [-0.2, -0.15) is 0 Å². The number of amides is 1. The Hall–Kier alpha value is -2.96. The summed E-state index contributed by atoms with van der Waals surface area (Å²) < 4.78 is 7.62. The number of hydrogen-bond donors (Lipinski definition) is 1. The molecule has 1 unspecified atom stereocenters. The van der Waals surface area contributed by atoms with Gasteiger partial charge in [0.1, 0.15) is 5.82 Å². The SMILES string of the molecule is Cc1nc2ccccc2n1Cc1ccc(C=CC(=O)NOC2CCCCO2)cc1. The Morgan fingerprint density at radius 2 is 2.07 bits per heavy atom. The van der Waals surface area contributed by atoms with E-state index in [1.807, 2.05) is 37.3 Å². The van der Waals surface area contributed by atoms with Crippen LogP contribution in [0.15, 0.2) is 54.6 Å². The summed E-state index contributed by atoms with van der Waals surface area (Å²) in [5, 5.41) is 0. The third-order valence-corrected chi connectivity index (χ3v) is 5.02. The normalized spacial score (nSPS) is 17.1. The summed E-state index contributed by atoms with van der Waals surface area (Å²) in [6, 6.07) is 16.3. The lowest BCUT2D eigenvalue weighted by Gasteiger charge is -2.21. The van der Waals surface area contributed by atoms with Crippen LogP contribution >= 0.6 is 0 Å². The summed E-state index contributed by atoms with van der Waals surface area (Å²) in [5.74, 6) is 0.692. The predicted molar refractivity (Wildman–Crippen MR) is 112 cm³/mol. The number of para-hydroxylation sites is 2. The molecule has 6 heteroatoms. The van der Waals surface area contributed by atoms with E-state index in [1.54, 1.807) is 6.08 Å². The van der Waals surface area contributed by atoms with E-state index >= 15 is 0 Å². The molecule has 6 nitrogen and oxygen atoms in total. The summed E-state index contributed by atoms with van der Waals surface area (Å²) in [5.41, 5.74) is 6.69. The van der Waals surface area contributed by atoms with E-state index in [-0.39, 0.29) is 12.2 Å². The Bertz CT molecular complexity index is 1000. The predicted octanol–water partition coefficient (Wildman–Crippen LogP) is 3.98. The first-order chi connectivity index (χ1) is 14.2. The highest BCUT2D eigenvalue weighted by atomic mass is 16.8. The van der Waals surface area contributed by atoms with Gasteiger partial charge in [0.15, 0.2) is 6.29 Å². The summed E-state index contributed by atoms with van der Waals surface area (Å²) in [4.78, 5) is 21.8. The van der Waals surface area contributed by atoms with Crippen LogP contribution in [0.1, 0.15) is 36.2 Å². The van der Waals surface area contributed by atoms with Gasteiger partial charge in [-0.05, 0) is 49.1 Å². The Labute approximate surface area is 170 Å². The summed E-state index contributed by atoms with van der Waals surface area (Å²) >= 11 is 0. The fourth-order valence-electron chi connectivity index (χ4n) is 3.45. The fourth-order valence-corrected chi connectivity index (χ4v) is 3.45. The number of rotatable bonds is 6. The molecule has 0 spiro atoms. The molecule has 1 aliphatic rings. The van der Waals surface area contributed by atoms with Crippen molar-refractivity contribution in [2.45, 2.75) is 39.0 Å². The lowest BCUT2D eigenvalue weighted by molar-refractivity contribution is -0.198. The van der Waals surface area contributed by atoms with Gasteiger partial charge < -0.3 is 9.30 Å². The number of carbonyl (C=O) groups is 1. The van der Waals surface area contributed by atoms with Crippen molar-refractivity contribution in [1.29, 1.82) is 0 Å². The Kier molecular flexibility index (Phi) is 6.03. The van der Waals surface area contributed by atoms with Gasteiger partial charge in [-0.1, -0.05) is 36.4 Å². The van der Waals surface area contributed by atoms with E-state index in [1.165, 1.54) is 11.6 Å². The van der Waals surface area contributed by atoms with Crippen molar-refractivity contribution >= 4 is 23.0 Å². The number of imidazole rings is 1. The first-order valence-electron chi connectivity index (χ1n) is 9.95. The number of benzene rings is 2. The summed E-state index contributed by atoms with van der Waals surface area (Å²) in [7, 11) is 0. The molecule has 1 fully saturated rings. The van der Waals surface area contributed by atoms with Crippen LogP contribution in [0.4, 0.5) is 0 Å². The Balaban J connectivity index is 1.34. The quantitative estimate of drug-likeness (QED) is 0.510. The van der Waals surface area contributed by atoms with Gasteiger partial charge in [0.25, 0.3) is 5.91 Å². The average Bonchev–Trinajstić information content (AvgIpc) is 3.07. The van der Waals surface area contributed by atoms with Gasteiger partial charge >= 0.3 is 0 Å². The van der Waals surface area contributed by atoms with Crippen LogP contribution in [0.25, 0.3) is 17.1 Å². The molecule has 1 atom stereocenters. The molecule has 0 radical (unpaired) electrons. The highest BCUT2D eigenvalue weighted by Gasteiger charge is 2.14. The molecule has 0 saturated carbocycles. The van der Waals surface area contributed by atoms with E-state index in [0.29, 0.717) is 6.61 Å². The molecule has 0 aliphatic carbocycles. The topological polar surface area (TPSA) is 65.4 Å². The molecular weight excluding hydrogens is 366 g/mol. The van der Waals surface area contributed by atoms with Crippen LogP contribution in [0, 0.1) is 6.92 Å². The second kappa shape index (κ2) is 9.03. The van der Waals surface area contributed by atoms with Crippen molar-refractivity contribution in [3.8, 4) is 0 Å². The van der Waals surface area contributed by atoms with Crippen molar-refractivity contribution in [3.05, 3.63) is 71.6 Å². The fraction of sp³-hybridized carbons (Fsp3) is 0.304. The Morgan fingerprint density at radius 1 is 1.24 bits per heavy atom. The molecule has 2 heterocycles. The van der Waals surface area contributed by atoms with Crippen molar-refractivity contribution in [2.75, 3.05) is 6.61 Å². The van der Waals surface area contributed by atoms with Gasteiger partial charge in [-0.25, -0.2) is 15.3 Å². The highest BCUT2D eigenvalue weighted by molar-refractivity contribution is 5.90. The van der Waals surface area contributed by atoms with Gasteiger partial charge in [0.2, 0.25) is 0 Å². The van der Waals surface area contributed by atoms with Crippen molar-refractivity contribution in [3.63, 3.8) is 0 Å². The molecule has 3 aromatic rings. The molecule has 0 bridgehead atoms. The number of aromatic nitrogens is 2. The molecule has 150 valence electrons. The van der Waals surface area contributed by atoms with Crippen molar-refractivity contribution in [2.24, 2.45) is 0 Å². The number of aryl methyl sites for hydroxylation is 1. The number of fused-ring (bicyclic) bond motifs is 1. The van der Waals surface area contributed by atoms with Crippen LogP contribution in [0.5, 0.6) is 0 Å². The lowest BCUT2D eigenvalue weighted by Crippen LogP contribution is -2.32. The van der Waals surface area contributed by atoms with Gasteiger partial charge in [0, 0.05) is 25.6 Å². The molecule has 29 heavy (non-hydrogen) atoms.